The Bertz CT molecular complexity index is 408. The Morgan fingerprint density at radius 1 is 1.67 bits per heavy atom. The average molecular weight is 210 g/mol. The maximum atomic E-state index is 11.8. The van der Waals surface area contributed by atoms with Gasteiger partial charge in [0.15, 0.2) is 0 Å². The third-order valence-corrected chi connectivity index (χ3v) is 2.71. The van der Waals surface area contributed by atoms with E-state index in [0.29, 0.717) is 18.3 Å². The molecule has 6 heteroatoms. The van der Waals surface area contributed by atoms with Gasteiger partial charge in [0.05, 0.1) is 0 Å². The Labute approximate surface area is 86.7 Å². The first-order valence-electron chi connectivity index (χ1n) is 4.95. The highest BCUT2D eigenvalue weighted by Crippen LogP contribution is 2.11. The quantitative estimate of drug-likeness (QED) is 0.594. The van der Waals surface area contributed by atoms with Crippen LogP contribution in [-0.4, -0.2) is 47.0 Å². The van der Waals surface area contributed by atoms with Gasteiger partial charge in [0.1, 0.15) is 5.69 Å². The van der Waals surface area contributed by atoms with E-state index >= 15 is 0 Å². The number of nitrogens with one attached hydrogen (secondary N) is 3. The number of rotatable bonds is 2. The minimum Gasteiger partial charge on any atom is -0.336 e. The predicted molar refractivity (Wildman–Crippen MR) is 54.8 cm³/mol. The Balaban J connectivity index is 2.06. The topological polar surface area (TPSA) is 81.0 Å². The fraction of sp³-hybridized carbons (Fsp3) is 0.556. The minimum absolute atomic E-state index is 0.119. The van der Waals surface area contributed by atoms with E-state index in [9.17, 15) is 9.59 Å². The van der Waals surface area contributed by atoms with Crippen molar-refractivity contribution in [3.8, 4) is 0 Å². The lowest BCUT2D eigenvalue weighted by Gasteiger charge is -2.14. The summed E-state index contributed by atoms with van der Waals surface area (Å²) in [6.45, 7) is 1.43. The maximum Gasteiger partial charge on any atom is 0.323 e. The summed E-state index contributed by atoms with van der Waals surface area (Å²) in [5.41, 5.74) is -0.0144. The standard InChI is InChI=1S/C9H14N4O2/c1-10-6-2-3-13(5-6)8(14)7-4-11-9(15)12-7/h4,6,10H,2-3,5H2,1H3,(H2,11,12,15). The van der Waals surface area contributed by atoms with Crippen molar-refractivity contribution in [3.63, 3.8) is 0 Å². The molecule has 0 aliphatic carbocycles. The zero-order valence-corrected chi connectivity index (χ0v) is 8.54. The van der Waals surface area contributed by atoms with Crippen molar-refractivity contribution in [1.29, 1.82) is 0 Å². The molecule has 1 aromatic heterocycles. The van der Waals surface area contributed by atoms with Gasteiger partial charge in [-0.2, -0.15) is 0 Å². The number of aromatic amines is 2. The van der Waals surface area contributed by atoms with E-state index in [1.54, 1.807) is 4.90 Å². The molecule has 1 atom stereocenters. The van der Waals surface area contributed by atoms with Gasteiger partial charge in [0, 0.05) is 25.3 Å². The summed E-state index contributed by atoms with van der Waals surface area (Å²) in [6, 6.07) is 0.361. The number of carbonyl (C=O) groups excluding carboxylic acids is 1. The molecule has 2 rings (SSSR count). The fourth-order valence-electron chi connectivity index (χ4n) is 1.80. The Hall–Kier alpha value is -1.56. The van der Waals surface area contributed by atoms with E-state index in [4.69, 9.17) is 0 Å². The van der Waals surface area contributed by atoms with Crippen LogP contribution in [0.25, 0.3) is 0 Å². The second-order valence-electron chi connectivity index (χ2n) is 3.68. The third-order valence-electron chi connectivity index (χ3n) is 2.71. The number of hydrogen-bond donors (Lipinski definition) is 3. The average Bonchev–Trinajstić information content (AvgIpc) is 2.84. The second kappa shape index (κ2) is 3.90. The monoisotopic (exact) mass is 210 g/mol. The highest BCUT2D eigenvalue weighted by molar-refractivity contribution is 5.92. The molecule has 0 aromatic carbocycles. The van der Waals surface area contributed by atoms with E-state index in [0.717, 1.165) is 13.0 Å². The number of amides is 1. The molecule has 1 aliphatic heterocycles. The molecule has 0 bridgehead atoms. The maximum absolute atomic E-state index is 11.8. The molecule has 1 unspecified atom stereocenters. The van der Waals surface area contributed by atoms with Crippen LogP contribution in [0, 0.1) is 0 Å². The summed E-state index contributed by atoms with van der Waals surface area (Å²) in [5.74, 6) is -0.119. The summed E-state index contributed by atoms with van der Waals surface area (Å²) in [7, 11) is 1.89. The number of likely N-dealkylation sites (N-methyl/N-ethyl adjacent to an activating group) is 1. The smallest absolute Gasteiger partial charge is 0.323 e. The Kier molecular flexibility index (Phi) is 2.59. The SMILES string of the molecule is CNC1CCN(C(=O)c2c[nH]c(=O)[nH]2)C1. The molecule has 15 heavy (non-hydrogen) atoms. The molecule has 6 nitrogen and oxygen atoms in total. The summed E-state index contributed by atoms with van der Waals surface area (Å²) < 4.78 is 0. The van der Waals surface area contributed by atoms with Crippen LogP contribution in [0.5, 0.6) is 0 Å². The van der Waals surface area contributed by atoms with Gasteiger partial charge in [-0.05, 0) is 13.5 Å². The van der Waals surface area contributed by atoms with Crippen molar-refractivity contribution in [3.05, 3.63) is 22.4 Å². The fourth-order valence-corrected chi connectivity index (χ4v) is 1.80. The van der Waals surface area contributed by atoms with Gasteiger partial charge in [-0.1, -0.05) is 0 Å². The summed E-state index contributed by atoms with van der Waals surface area (Å²) in [4.78, 5) is 29.3. The largest absolute Gasteiger partial charge is 0.336 e. The molecule has 0 spiro atoms. The van der Waals surface area contributed by atoms with Crippen LogP contribution >= 0.6 is 0 Å². The number of hydrogen-bond acceptors (Lipinski definition) is 3. The Morgan fingerprint density at radius 2 is 2.47 bits per heavy atom. The van der Waals surface area contributed by atoms with Crippen LogP contribution in [0.3, 0.4) is 0 Å². The van der Waals surface area contributed by atoms with Gasteiger partial charge in [-0.3, -0.25) is 4.79 Å². The van der Waals surface area contributed by atoms with Gasteiger partial charge in [-0.25, -0.2) is 4.79 Å². The van der Waals surface area contributed by atoms with Crippen molar-refractivity contribution in [2.45, 2.75) is 12.5 Å². The predicted octanol–water partition coefficient (Wildman–Crippen LogP) is -0.863. The van der Waals surface area contributed by atoms with E-state index in [1.807, 2.05) is 7.05 Å². The summed E-state index contributed by atoms with van der Waals surface area (Å²) in [6.07, 6.45) is 2.37. The van der Waals surface area contributed by atoms with Crippen LogP contribution < -0.4 is 11.0 Å². The molecule has 0 saturated carbocycles. The molecule has 3 N–H and O–H groups in total. The van der Waals surface area contributed by atoms with Crippen molar-refractivity contribution >= 4 is 5.91 Å². The highest BCUT2D eigenvalue weighted by atomic mass is 16.2. The zero-order valence-electron chi connectivity index (χ0n) is 8.54. The molecular weight excluding hydrogens is 196 g/mol. The van der Waals surface area contributed by atoms with E-state index in [-0.39, 0.29) is 11.6 Å². The van der Waals surface area contributed by atoms with Crippen molar-refractivity contribution in [1.82, 2.24) is 20.2 Å². The van der Waals surface area contributed by atoms with Crippen LogP contribution in [0.4, 0.5) is 0 Å². The number of nitrogens with zero attached hydrogens (tertiary/aromatic N) is 1. The van der Waals surface area contributed by atoms with Crippen molar-refractivity contribution in [2.24, 2.45) is 0 Å². The second-order valence-corrected chi connectivity index (χ2v) is 3.68. The van der Waals surface area contributed by atoms with Gasteiger partial charge in [0.25, 0.3) is 5.91 Å². The number of carbonyl (C=O) groups is 1. The van der Waals surface area contributed by atoms with E-state index in [2.05, 4.69) is 15.3 Å². The molecule has 1 amide bonds. The lowest BCUT2D eigenvalue weighted by Crippen LogP contribution is -2.33. The molecule has 82 valence electrons. The molecule has 2 heterocycles. The number of H-pyrrole nitrogens is 2. The summed E-state index contributed by atoms with van der Waals surface area (Å²) in [5, 5.41) is 3.13. The first kappa shape index (κ1) is 9.97. The van der Waals surface area contributed by atoms with Crippen LogP contribution in [0.15, 0.2) is 11.0 Å². The van der Waals surface area contributed by atoms with E-state index < -0.39 is 0 Å². The van der Waals surface area contributed by atoms with Gasteiger partial charge >= 0.3 is 5.69 Å². The molecule has 1 aliphatic rings. The molecular formula is C9H14N4O2. The highest BCUT2D eigenvalue weighted by Gasteiger charge is 2.26. The molecule has 1 saturated heterocycles. The van der Waals surface area contributed by atoms with Gasteiger partial charge in [-0.15, -0.1) is 0 Å². The molecule has 1 fully saturated rings. The number of likely N-dealkylation sites (tertiary alicyclic amines) is 1. The lowest BCUT2D eigenvalue weighted by molar-refractivity contribution is 0.0784. The third kappa shape index (κ3) is 1.94. The van der Waals surface area contributed by atoms with Gasteiger partial charge < -0.3 is 20.2 Å². The van der Waals surface area contributed by atoms with Gasteiger partial charge in [0.2, 0.25) is 0 Å². The van der Waals surface area contributed by atoms with Crippen LogP contribution in [0.1, 0.15) is 16.9 Å². The molecule has 0 radical (unpaired) electrons. The van der Waals surface area contributed by atoms with E-state index in [1.165, 1.54) is 6.20 Å². The van der Waals surface area contributed by atoms with Crippen molar-refractivity contribution < 1.29 is 4.79 Å². The normalized spacial score (nSPS) is 20.9. The minimum atomic E-state index is -0.345. The lowest BCUT2D eigenvalue weighted by atomic mass is 10.3. The van der Waals surface area contributed by atoms with Crippen molar-refractivity contribution in [2.75, 3.05) is 20.1 Å². The van der Waals surface area contributed by atoms with Crippen LogP contribution in [-0.2, 0) is 0 Å². The van der Waals surface area contributed by atoms with Crippen LogP contribution in [0.2, 0.25) is 0 Å². The first-order valence-corrected chi connectivity index (χ1v) is 4.95. The zero-order chi connectivity index (χ0) is 10.8. The number of imidazole rings is 1. The molecule has 1 aromatic rings. The first-order chi connectivity index (χ1) is 7.20. The number of aromatic nitrogens is 2. The summed E-state index contributed by atoms with van der Waals surface area (Å²) >= 11 is 0. The Morgan fingerprint density at radius 3 is 3.00 bits per heavy atom.